The second kappa shape index (κ2) is 10.0. The highest BCUT2D eigenvalue weighted by molar-refractivity contribution is 5.46. The molecule has 5 heteroatoms. The molecule has 0 unspecified atom stereocenters. The van der Waals surface area contributed by atoms with Crippen molar-refractivity contribution in [2.24, 2.45) is 0 Å². The van der Waals surface area contributed by atoms with Crippen molar-refractivity contribution in [3.05, 3.63) is 82.9 Å². The van der Waals surface area contributed by atoms with Crippen molar-refractivity contribution in [3.63, 3.8) is 0 Å². The predicted octanol–water partition coefficient (Wildman–Crippen LogP) is 5.05. The highest BCUT2D eigenvalue weighted by Crippen LogP contribution is 2.38. The van der Waals surface area contributed by atoms with Crippen LogP contribution in [0.1, 0.15) is 54.0 Å². The summed E-state index contributed by atoms with van der Waals surface area (Å²) in [4.78, 5) is 2.41. The van der Waals surface area contributed by atoms with E-state index < -0.39 is 0 Å². The summed E-state index contributed by atoms with van der Waals surface area (Å²) in [6, 6.07) is 20.9. The van der Waals surface area contributed by atoms with Crippen molar-refractivity contribution in [1.29, 1.82) is 0 Å². The summed E-state index contributed by atoms with van der Waals surface area (Å²) in [7, 11) is 0. The van der Waals surface area contributed by atoms with Crippen LogP contribution in [-0.4, -0.2) is 45.4 Å². The van der Waals surface area contributed by atoms with E-state index in [2.05, 4.69) is 53.4 Å². The number of likely N-dealkylation sites (tertiary alicyclic amines) is 1. The summed E-state index contributed by atoms with van der Waals surface area (Å²) in [5.74, 6) is 0.544. The van der Waals surface area contributed by atoms with Gasteiger partial charge in [-0.1, -0.05) is 60.7 Å². The van der Waals surface area contributed by atoms with Gasteiger partial charge in [-0.15, -0.1) is 0 Å². The van der Waals surface area contributed by atoms with E-state index in [9.17, 15) is 10.2 Å². The summed E-state index contributed by atoms with van der Waals surface area (Å²) in [5, 5.41) is 21.2. The summed E-state index contributed by atoms with van der Waals surface area (Å²) in [6.07, 6.45) is 6.04. The van der Waals surface area contributed by atoms with Gasteiger partial charge in [0.2, 0.25) is 0 Å². The molecule has 0 radical (unpaired) electrons. The number of hydrogen-bond acceptors (Lipinski definition) is 4. The number of aromatic nitrogens is 1. The third-order valence-corrected chi connectivity index (χ3v) is 7.23. The van der Waals surface area contributed by atoms with Crippen molar-refractivity contribution >= 4 is 0 Å². The van der Waals surface area contributed by atoms with Gasteiger partial charge in [-0.2, -0.15) is 0 Å². The second-order valence-electron chi connectivity index (χ2n) is 9.34. The third-order valence-electron chi connectivity index (χ3n) is 7.23. The number of rotatable bonds is 7. The van der Waals surface area contributed by atoms with Gasteiger partial charge in [0.05, 0.1) is 6.10 Å². The Bertz CT molecular complexity index is 971. The number of piperidine rings is 1. The van der Waals surface area contributed by atoms with Crippen LogP contribution >= 0.6 is 0 Å². The fourth-order valence-electron chi connectivity index (χ4n) is 5.34. The molecule has 5 nitrogen and oxygen atoms in total. The molecular formula is C28H34N2O3. The maximum absolute atomic E-state index is 10.6. The van der Waals surface area contributed by atoms with Crippen LogP contribution in [-0.2, 0) is 24.1 Å². The Labute approximate surface area is 196 Å². The molecule has 33 heavy (non-hydrogen) atoms. The molecule has 3 aromatic rings. The maximum atomic E-state index is 10.6. The molecule has 1 aromatic heterocycles. The van der Waals surface area contributed by atoms with E-state index in [4.69, 9.17) is 4.74 Å². The van der Waals surface area contributed by atoms with Gasteiger partial charge in [0.25, 0.3) is 0 Å². The first-order chi connectivity index (χ1) is 16.2. The maximum Gasteiger partial charge on any atom is 0.197 e. The SMILES string of the molecule is Oc1c2c(c(O)n1CCN1CCC(OC(c3ccccc3)c3ccccc3)CC1)CCCC2. The largest absolute Gasteiger partial charge is 0.494 e. The minimum absolute atomic E-state index is 0.0518. The van der Waals surface area contributed by atoms with E-state index in [-0.39, 0.29) is 24.0 Å². The lowest BCUT2D eigenvalue weighted by Gasteiger charge is -2.34. The average molecular weight is 447 g/mol. The second-order valence-corrected chi connectivity index (χ2v) is 9.34. The van der Waals surface area contributed by atoms with Crippen LogP contribution in [0.25, 0.3) is 0 Å². The van der Waals surface area contributed by atoms with Gasteiger partial charge in [0, 0.05) is 37.3 Å². The molecule has 0 amide bonds. The lowest BCUT2D eigenvalue weighted by molar-refractivity contribution is -0.0274. The Morgan fingerprint density at radius 3 is 1.79 bits per heavy atom. The number of aromatic hydroxyl groups is 2. The first-order valence-corrected chi connectivity index (χ1v) is 12.3. The molecule has 0 bridgehead atoms. The van der Waals surface area contributed by atoms with Gasteiger partial charge in [0.15, 0.2) is 11.8 Å². The molecule has 0 atom stereocenters. The zero-order valence-electron chi connectivity index (χ0n) is 19.2. The fourth-order valence-corrected chi connectivity index (χ4v) is 5.34. The van der Waals surface area contributed by atoms with Crippen LogP contribution in [0.3, 0.4) is 0 Å². The van der Waals surface area contributed by atoms with Crippen molar-refractivity contribution in [1.82, 2.24) is 9.47 Å². The van der Waals surface area contributed by atoms with Gasteiger partial charge in [-0.3, -0.25) is 4.57 Å². The van der Waals surface area contributed by atoms with Gasteiger partial charge >= 0.3 is 0 Å². The van der Waals surface area contributed by atoms with Crippen molar-refractivity contribution in [2.75, 3.05) is 19.6 Å². The molecule has 2 N–H and O–H groups in total. The van der Waals surface area contributed by atoms with Gasteiger partial charge < -0.3 is 19.8 Å². The smallest absolute Gasteiger partial charge is 0.197 e. The Morgan fingerprint density at radius 2 is 1.27 bits per heavy atom. The number of benzene rings is 2. The molecule has 1 fully saturated rings. The molecule has 1 aliphatic heterocycles. The number of nitrogens with zero attached hydrogens (tertiary/aromatic N) is 2. The molecule has 2 aliphatic rings. The predicted molar refractivity (Wildman–Crippen MR) is 130 cm³/mol. The molecule has 5 rings (SSSR count). The van der Waals surface area contributed by atoms with Crippen LogP contribution in [0.5, 0.6) is 11.8 Å². The Kier molecular flexibility index (Phi) is 6.70. The van der Waals surface area contributed by atoms with Gasteiger partial charge in [0.1, 0.15) is 6.10 Å². The number of fused-ring (bicyclic) bond motifs is 1. The van der Waals surface area contributed by atoms with Crippen molar-refractivity contribution in [2.45, 2.75) is 57.3 Å². The van der Waals surface area contributed by atoms with Crippen LogP contribution in [0, 0.1) is 0 Å². The van der Waals surface area contributed by atoms with E-state index >= 15 is 0 Å². The van der Waals surface area contributed by atoms with Crippen LogP contribution in [0.4, 0.5) is 0 Å². The zero-order valence-corrected chi connectivity index (χ0v) is 19.2. The van der Waals surface area contributed by atoms with Crippen LogP contribution < -0.4 is 0 Å². The van der Waals surface area contributed by atoms with Crippen LogP contribution in [0.2, 0.25) is 0 Å². The van der Waals surface area contributed by atoms with Gasteiger partial charge in [-0.05, 0) is 49.7 Å². The van der Waals surface area contributed by atoms with E-state index in [1.54, 1.807) is 4.57 Å². The van der Waals surface area contributed by atoms with E-state index in [0.717, 1.165) is 69.3 Å². The zero-order chi connectivity index (χ0) is 22.6. The molecule has 0 saturated carbocycles. The minimum atomic E-state index is -0.0518. The van der Waals surface area contributed by atoms with Crippen molar-refractivity contribution in [3.8, 4) is 11.8 Å². The highest BCUT2D eigenvalue weighted by atomic mass is 16.5. The molecule has 1 aliphatic carbocycles. The third kappa shape index (κ3) is 4.80. The fraction of sp³-hybridized carbons (Fsp3) is 0.429. The Hall–Kier alpha value is -2.76. The summed E-state index contributed by atoms with van der Waals surface area (Å²) >= 11 is 0. The number of ether oxygens (including phenoxy) is 1. The summed E-state index contributed by atoms with van der Waals surface area (Å²) in [5.41, 5.74) is 4.29. The quantitative estimate of drug-likeness (QED) is 0.533. The minimum Gasteiger partial charge on any atom is -0.494 e. The molecule has 2 aromatic carbocycles. The Balaban J connectivity index is 1.19. The number of hydrogen-bond donors (Lipinski definition) is 2. The highest BCUT2D eigenvalue weighted by Gasteiger charge is 2.27. The standard InChI is InChI=1S/C28H34N2O3/c31-27-24-13-7-8-14-25(24)28(32)30(27)20-19-29-17-15-23(16-18-29)33-26(21-9-3-1-4-10-21)22-11-5-2-6-12-22/h1-6,9-12,23,26,31-32H,7-8,13-20H2. The summed E-state index contributed by atoms with van der Waals surface area (Å²) < 4.78 is 8.36. The summed E-state index contributed by atoms with van der Waals surface area (Å²) in [6.45, 7) is 3.36. The van der Waals surface area contributed by atoms with Gasteiger partial charge in [-0.25, -0.2) is 0 Å². The lowest BCUT2D eigenvalue weighted by atomic mass is 9.95. The average Bonchev–Trinajstić information content (AvgIpc) is 3.12. The first kappa shape index (κ1) is 22.1. The van der Waals surface area contributed by atoms with E-state index in [0.29, 0.717) is 6.54 Å². The Morgan fingerprint density at radius 1 is 0.758 bits per heavy atom. The molecule has 2 heterocycles. The van der Waals surface area contributed by atoms with E-state index in [1.165, 1.54) is 11.1 Å². The molecule has 0 spiro atoms. The van der Waals surface area contributed by atoms with Crippen molar-refractivity contribution < 1.29 is 14.9 Å². The monoisotopic (exact) mass is 446 g/mol. The lowest BCUT2D eigenvalue weighted by Crippen LogP contribution is -2.39. The first-order valence-electron chi connectivity index (χ1n) is 12.3. The topological polar surface area (TPSA) is 57.9 Å². The molecule has 1 saturated heterocycles. The molecule has 174 valence electrons. The molecular weight excluding hydrogens is 412 g/mol. The van der Waals surface area contributed by atoms with E-state index in [1.807, 2.05) is 12.1 Å². The normalized spacial score (nSPS) is 17.4. The van der Waals surface area contributed by atoms with Crippen LogP contribution in [0.15, 0.2) is 60.7 Å².